The third kappa shape index (κ3) is 1.75. The molecule has 0 bridgehead atoms. The lowest BCUT2D eigenvalue weighted by Crippen LogP contribution is -2.10. The molecule has 0 saturated heterocycles. The van der Waals surface area contributed by atoms with Crippen LogP contribution in [-0.4, -0.2) is 23.6 Å². The molecule has 74 valence electrons. The molecule has 0 radical (unpaired) electrons. The van der Waals surface area contributed by atoms with Gasteiger partial charge >= 0.3 is 0 Å². The molecule has 0 saturated carbocycles. The van der Waals surface area contributed by atoms with E-state index in [0.717, 1.165) is 29.7 Å². The SMILES string of the molecule is CNCCc1cc2cc(F)cnc2[nH]1. The zero-order chi connectivity index (χ0) is 9.97. The van der Waals surface area contributed by atoms with E-state index < -0.39 is 0 Å². The van der Waals surface area contributed by atoms with Crippen LogP contribution in [0.1, 0.15) is 5.69 Å². The van der Waals surface area contributed by atoms with E-state index >= 15 is 0 Å². The maximum absolute atomic E-state index is 12.8. The fourth-order valence-corrected chi connectivity index (χ4v) is 1.44. The molecule has 0 aliphatic rings. The summed E-state index contributed by atoms with van der Waals surface area (Å²) in [6, 6.07) is 3.42. The molecule has 0 unspecified atom stereocenters. The molecule has 0 amide bonds. The van der Waals surface area contributed by atoms with E-state index in [-0.39, 0.29) is 5.82 Å². The first kappa shape index (κ1) is 9.15. The fourth-order valence-electron chi connectivity index (χ4n) is 1.44. The number of pyridine rings is 1. The van der Waals surface area contributed by atoms with Crippen LogP contribution in [0, 0.1) is 5.82 Å². The van der Waals surface area contributed by atoms with Gasteiger partial charge in [-0.1, -0.05) is 0 Å². The second-order valence-electron chi connectivity index (χ2n) is 3.24. The lowest BCUT2D eigenvalue weighted by Gasteiger charge is -1.94. The molecular formula is C10H12FN3. The summed E-state index contributed by atoms with van der Waals surface area (Å²) in [5.74, 6) is -0.295. The van der Waals surface area contributed by atoms with E-state index in [0.29, 0.717) is 0 Å². The predicted octanol–water partition coefficient (Wildman–Crippen LogP) is 1.46. The topological polar surface area (TPSA) is 40.7 Å². The Morgan fingerprint density at radius 2 is 2.36 bits per heavy atom. The normalized spacial score (nSPS) is 11.0. The van der Waals surface area contributed by atoms with Gasteiger partial charge in [0.2, 0.25) is 0 Å². The quantitative estimate of drug-likeness (QED) is 0.774. The van der Waals surface area contributed by atoms with Gasteiger partial charge in [-0.3, -0.25) is 0 Å². The number of hydrogen-bond acceptors (Lipinski definition) is 2. The number of likely N-dealkylation sites (N-methyl/N-ethyl adjacent to an activating group) is 1. The maximum atomic E-state index is 12.8. The minimum Gasteiger partial charge on any atom is -0.343 e. The molecule has 2 aromatic rings. The van der Waals surface area contributed by atoms with Crippen LogP contribution in [0.15, 0.2) is 18.3 Å². The van der Waals surface area contributed by atoms with Crippen LogP contribution in [-0.2, 0) is 6.42 Å². The molecule has 2 heterocycles. The first-order valence-corrected chi connectivity index (χ1v) is 4.57. The molecule has 2 rings (SSSR count). The lowest BCUT2D eigenvalue weighted by molar-refractivity contribution is 0.624. The Morgan fingerprint density at radius 3 is 3.14 bits per heavy atom. The van der Waals surface area contributed by atoms with Crippen LogP contribution in [0.4, 0.5) is 4.39 Å². The highest BCUT2D eigenvalue weighted by atomic mass is 19.1. The third-order valence-corrected chi connectivity index (χ3v) is 2.14. The maximum Gasteiger partial charge on any atom is 0.142 e. The van der Waals surface area contributed by atoms with Crippen molar-refractivity contribution in [3.63, 3.8) is 0 Å². The van der Waals surface area contributed by atoms with Crippen LogP contribution in [0.25, 0.3) is 11.0 Å². The summed E-state index contributed by atoms with van der Waals surface area (Å²) in [5, 5.41) is 3.89. The second kappa shape index (κ2) is 3.75. The van der Waals surface area contributed by atoms with Crippen molar-refractivity contribution in [3.8, 4) is 0 Å². The minimum atomic E-state index is -0.295. The van der Waals surface area contributed by atoms with Gasteiger partial charge in [-0.2, -0.15) is 0 Å². The highest BCUT2D eigenvalue weighted by Gasteiger charge is 2.02. The molecule has 14 heavy (non-hydrogen) atoms. The van der Waals surface area contributed by atoms with E-state index in [1.54, 1.807) is 0 Å². The Morgan fingerprint density at radius 1 is 1.50 bits per heavy atom. The highest BCUT2D eigenvalue weighted by Crippen LogP contribution is 2.14. The number of nitrogens with one attached hydrogen (secondary N) is 2. The Bertz CT molecular complexity index is 436. The van der Waals surface area contributed by atoms with Crippen molar-refractivity contribution in [3.05, 3.63) is 29.8 Å². The molecule has 0 aliphatic heterocycles. The lowest BCUT2D eigenvalue weighted by atomic mass is 10.3. The number of halogens is 1. The summed E-state index contributed by atoms with van der Waals surface area (Å²) in [6.07, 6.45) is 2.12. The molecule has 2 aromatic heterocycles. The number of hydrogen-bond donors (Lipinski definition) is 2. The van der Waals surface area contributed by atoms with Gasteiger partial charge in [0.25, 0.3) is 0 Å². The summed E-state index contributed by atoms with van der Waals surface area (Å²) < 4.78 is 12.8. The molecule has 0 atom stereocenters. The number of aromatic amines is 1. The summed E-state index contributed by atoms with van der Waals surface area (Å²) >= 11 is 0. The molecule has 3 nitrogen and oxygen atoms in total. The highest BCUT2D eigenvalue weighted by molar-refractivity contribution is 5.76. The number of aromatic nitrogens is 2. The smallest absolute Gasteiger partial charge is 0.142 e. The number of rotatable bonds is 3. The van der Waals surface area contributed by atoms with E-state index in [4.69, 9.17) is 0 Å². The zero-order valence-corrected chi connectivity index (χ0v) is 7.97. The number of H-pyrrole nitrogens is 1. The molecule has 0 spiro atoms. The number of fused-ring (bicyclic) bond motifs is 1. The zero-order valence-electron chi connectivity index (χ0n) is 7.97. The molecule has 0 aliphatic carbocycles. The van der Waals surface area contributed by atoms with Crippen molar-refractivity contribution in [1.82, 2.24) is 15.3 Å². The third-order valence-electron chi connectivity index (χ3n) is 2.14. The fraction of sp³-hybridized carbons (Fsp3) is 0.300. The van der Waals surface area contributed by atoms with Gasteiger partial charge in [0.15, 0.2) is 0 Å². The number of nitrogens with zero attached hydrogens (tertiary/aromatic N) is 1. The summed E-state index contributed by atoms with van der Waals surface area (Å²) in [6.45, 7) is 0.898. The van der Waals surface area contributed by atoms with Crippen molar-refractivity contribution in [2.75, 3.05) is 13.6 Å². The van der Waals surface area contributed by atoms with Crippen molar-refractivity contribution in [2.24, 2.45) is 0 Å². The summed E-state index contributed by atoms with van der Waals surface area (Å²) in [4.78, 5) is 7.10. The molecule has 0 fully saturated rings. The van der Waals surface area contributed by atoms with E-state index in [1.807, 2.05) is 13.1 Å². The van der Waals surface area contributed by atoms with Gasteiger partial charge in [-0.15, -0.1) is 0 Å². The average molecular weight is 193 g/mol. The van der Waals surface area contributed by atoms with Gasteiger partial charge in [-0.25, -0.2) is 9.37 Å². The molecule has 2 N–H and O–H groups in total. The van der Waals surface area contributed by atoms with Crippen molar-refractivity contribution in [2.45, 2.75) is 6.42 Å². The van der Waals surface area contributed by atoms with Crippen molar-refractivity contribution in [1.29, 1.82) is 0 Å². The van der Waals surface area contributed by atoms with Crippen molar-refractivity contribution < 1.29 is 4.39 Å². The van der Waals surface area contributed by atoms with Crippen LogP contribution in [0.3, 0.4) is 0 Å². The predicted molar refractivity (Wildman–Crippen MR) is 53.7 cm³/mol. The Balaban J connectivity index is 2.32. The Labute approximate surface area is 81.4 Å². The van der Waals surface area contributed by atoms with Gasteiger partial charge in [0, 0.05) is 17.6 Å². The van der Waals surface area contributed by atoms with E-state index in [9.17, 15) is 4.39 Å². The second-order valence-corrected chi connectivity index (χ2v) is 3.24. The van der Waals surface area contributed by atoms with Gasteiger partial charge in [-0.05, 0) is 25.6 Å². The van der Waals surface area contributed by atoms with Crippen LogP contribution < -0.4 is 5.32 Å². The molecule has 4 heteroatoms. The average Bonchev–Trinajstić information content (AvgIpc) is 2.56. The molecular weight excluding hydrogens is 181 g/mol. The Hall–Kier alpha value is -1.42. The largest absolute Gasteiger partial charge is 0.343 e. The van der Waals surface area contributed by atoms with E-state index in [1.165, 1.54) is 12.3 Å². The van der Waals surface area contributed by atoms with Gasteiger partial charge in [0.1, 0.15) is 11.5 Å². The molecule has 0 aromatic carbocycles. The monoisotopic (exact) mass is 193 g/mol. The van der Waals surface area contributed by atoms with Crippen LogP contribution in [0.2, 0.25) is 0 Å². The summed E-state index contributed by atoms with van der Waals surface area (Å²) in [7, 11) is 1.90. The van der Waals surface area contributed by atoms with Crippen LogP contribution in [0.5, 0.6) is 0 Å². The van der Waals surface area contributed by atoms with Crippen LogP contribution >= 0.6 is 0 Å². The van der Waals surface area contributed by atoms with E-state index in [2.05, 4.69) is 15.3 Å². The van der Waals surface area contributed by atoms with Gasteiger partial charge in [0.05, 0.1) is 6.20 Å². The first-order chi connectivity index (χ1) is 6.79. The Kier molecular flexibility index (Phi) is 2.45. The minimum absolute atomic E-state index is 0.295. The van der Waals surface area contributed by atoms with Crippen molar-refractivity contribution >= 4 is 11.0 Å². The summed E-state index contributed by atoms with van der Waals surface area (Å²) in [5.41, 5.74) is 1.82. The van der Waals surface area contributed by atoms with Gasteiger partial charge < -0.3 is 10.3 Å². The first-order valence-electron chi connectivity index (χ1n) is 4.57. The standard InChI is InChI=1S/C10H12FN3/c1-12-3-2-9-5-7-4-8(11)6-13-10(7)14-9/h4-6,12H,2-3H2,1H3,(H,13,14).